The zero-order chi connectivity index (χ0) is 25.6. The second kappa shape index (κ2) is 11.5. The molecule has 1 aromatic heterocycles. The molecule has 1 fully saturated rings. The predicted molar refractivity (Wildman–Crippen MR) is 124 cm³/mol. The monoisotopic (exact) mass is 519 g/mol. The van der Waals surface area contributed by atoms with E-state index in [0.717, 1.165) is 12.5 Å². The zero-order valence-corrected chi connectivity index (χ0v) is 20.1. The molecular formula is C22H29F4N5O3S. The van der Waals surface area contributed by atoms with E-state index in [0.29, 0.717) is 24.9 Å². The SMILES string of the molecule is CCCC(O)CCCS(=O)(=O)N1CCN(c2nc(Nc3ccc(F)cc3)cc(C(F)(F)F)n2)CC1. The summed E-state index contributed by atoms with van der Waals surface area (Å²) >= 11 is 0. The number of rotatable bonds is 10. The lowest BCUT2D eigenvalue weighted by molar-refractivity contribution is -0.141. The van der Waals surface area contributed by atoms with Crippen molar-refractivity contribution >= 4 is 27.5 Å². The van der Waals surface area contributed by atoms with Crippen molar-refractivity contribution in [3.8, 4) is 0 Å². The standard InChI is InChI=1S/C22H29F4N5O3S/c1-2-4-18(32)5-3-14-35(33,34)31-12-10-30(11-13-31)21-28-19(22(24,25)26)15-20(29-21)27-17-8-6-16(23)7-9-17/h6-9,15,18,32H,2-5,10-14H2,1H3,(H,27,28,29). The summed E-state index contributed by atoms with van der Waals surface area (Å²) in [5, 5.41) is 12.5. The van der Waals surface area contributed by atoms with Crippen LogP contribution in [0.1, 0.15) is 38.3 Å². The molecule has 0 spiro atoms. The van der Waals surface area contributed by atoms with E-state index < -0.39 is 33.8 Å². The van der Waals surface area contributed by atoms with Crippen molar-refractivity contribution in [2.45, 2.75) is 44.9 Å². The second-order valence-corrected chi connectivity index (χ2v) is 10.4. The number of sulfonamides is 1. The van der Waals surface area contributed by atoms with Crippen molar-refractivity contribution < 1.29 is 31.1 Å². The van der Waals surface area contributed by atoms with Gasteiger partial charge in [-0.3, -0.25) is 0 Å². The van der Waals surface area contributed by atoms with E-state index in [1.807, 2.05) is 6.92 Å². The Balaban J connectivity index is 1.68. The summed E-state index contributed by atoms with van der Waals surface area (Å²) in [7, 11) is -3.55. The average molecular weight is 520 g/mol. The molecule has 0 amide bonds. The second-order valence-electron chi connectivity index (χ2n) is 8.35. The van der Waals surface area contributed by atoms with Gasteiger partial charge in [-0.05, 0) is 43.5 Å². The van der Waals surface area contributed by atoms with Crippen LogP contribution in [0.15, 0.2) is 30.3 Å². The zero-order valence-electron chi connectivity index (χ0n) is 19.3. The number of nitrogens with zero attached hydrogens (tertiary/aromatic N) is 4. The highest BCUT2D eigenvalue weighted by atomic mass is 32.2. The molecule has 2 heterocycles. The van der Waals surface area contributed by atoms with E-state index in [-0.39, 0.29) is 43.7 Å². The summed E-state index contributed by atoms with van der Waals surface area (Å²) in [6.45, 7) is 2.35. The van der Waals surface area contributed by atoms with Gasteiger partial charge in [0.15, 0.2) is 5.69 Å². The van der Waals surface area contributed by atoms with Crippen molar-refractivity contribution in [3.05, 3.63) is 41.8 Å². The number of aromatic nitrogens is 2. The van der Waals surface area contributed by atoms with Crippen LogP contribution in [0.25, 0.3) is 0 Å². The van der Waals surface area contributed by atoms with E-state index in [2.05, 4.69) is 15.3 Å². The molecule has 8 nitrogen and oxygen atoms in total. The van der Waals surface area contributed by atoms with Gasteiger partial charge in [-0.15, -0.1) is 0 Å². The van der Waals surface area contributed by atoms with Gasteiger partial charge in [-0.2, -0.15) is 22.5 Å². The summed E-state index contributed by atoms with van der Waals surface area (Å²) in [6.07, 6.45) is -3.08. The molecule has 194 valence electrons. The van der Waals surface area contributed by atoms with Gasteiger partial charge in [0, 0.05) is 37.9 Å². The molecule has 3 rings (SSSR count). The maximum atomic E-state index is 13.5. The number of hydrogen-bond acceptors (Lipinski definition) is 7. The minimum absolute atomic E-state index is 0.0835. The van der Waals surface area contributed by atoms with Crippen molar-refractivity contribution in [1.29, 1.82) is 0 Å². The first kappa shape index (κ1) is 27.1. The Morgan fingerprint density at radius 3 is 2.34 bits per heavy atom. The Hall–Kier alpha value is -2.51. The maximum absolute atomic E-state index is 13.5. The predicted octanol–water partition coefficient (Wildman–Crippen LogP) is 3.77. The van der Waals surface area contributed by atoms with Gasteiger partial charge in [0.05, 0.1) is 11.9 Å². The average Bonchev–Trinajstić information content (AvgIpc) is 2.80. The third-order valence-corrected chi connectivity index (χ3v) is 7.55. The lowest BCUT2D eigenvalue weighted by atomic mass is 10.1. The van der Waals surface area contributed by atoms with Crippen LogP contribution in [0.4, 0.5) is 35.0 Å². The summed E-state index contributed by atoms with van der Waals surface area (Å²) in [5.74, 6) is -0.877. The van der Waals surface area contributed by atoms with Crippen LogP contribution in [0.2, 0.25) is 0 Å². The highest BCUT2D eigenvalue weighted by Crippen LogP contribution is 2.31. The summed E-state index contributed by atoms with van der Waals surface area (Å²) in [6, 6.07) is 5.84. The van der Waals surface area contributed by atoms with Gasteiger partial charge >= 0.3 is 6.18 Å². The number of nitrogens with one attached hydrogen (secondary N) is 1. The van der Waals surface area contributed by atoms with Crippen molar-refractivity contribution in [1.82, 2.24) is 14.3 Å². The fourth-order valence-corrected chi connectivity index (χ4v) is 5.25. The van der Waals surface area contributed by atoms with Crippen molar-refractivity contribution in [2.24, 2.45) is 0 Å². The first-order valence-electron chi connectivity index (χ1n) is 11.4. The molecule has 35 heavy (non-hydrogen) atoms. The van der Waals surface area contributed by atoms with Gasteiger partial charge in [0.1, 0.15) is 11.6 Å². The van der Waals surface area contributed by atoms with Crippen LogP contribution in [0.3, 0.4) is 0 Å². The fourth-order valence-electron chi connectivity index (χ4n) is 3.74. The number of alkyl halides is 3. The van der Waals surface area contributed by atoms with Crippen LogP contribution >= 0.6 is 0 Å². The molecule has 2 N–H and O–H groups in total. The summed E-state index contributed by atoms with van der Waals surface area (Å²) < 4.78 is 80.1. The van der Waals surface area contributed by atoms with E-state index in [4.69, 9.17) is 0 Å². The summed E-state index contributed by atoms with van der Waals surface area (Å²) in [4.78, 5) is 9.33. The Morgan fingerprint density at radius 1 is 1.09 bits per heavy atom. The van der Waals surface area contributed by atoms with Gasteiger partial charge in [0.25, 0.3) is 0 Å². The highest BCUT2D eigenvalue weighted by Gasteiger charge is 2.35. The third-order valence-electron chi connectivity index (χ3n) is 5.60. The highest BCUT2D eigenvalue weighted by molar-refractivity contribution is 7.89. The molecule has 13 heteroatoms. The molecular weight excluding hydrogens is 490 g/mol. The number of hydrogen-bond donors (Lipinski definition) is 2. The fraction of sp³-hybridized carbons (Fsp3) is 0.545. The number of aliphatic hydroxyl groups is 1. The number of benzene rings is 1. The van der Waals surface area contributed by atoms with Crippen LogP contribution < -0.4 is 10.2 Å². The van der Waals surface area contributed by atoms with Crippen LogP contribution in [-0.2, 0) is 16.2 Å². The maximum Gasteiger partial charge on any atom is 0.433 e. The Kier molecular flexibility index (Phi) is 8.89. The normalized spacial score (nSPS) is 16.3. The van der Waals surface area contributed by atoms with E-state index in [1.54, 1.807) is 0 Å². The van der Waals surface area contributed by atoms with E-state index >= 15 is 0 Å². The van der Waals surface area contributed by atoms with Gasteiger partial charge < -0.3 is 15.3 Å². The molecule has 1 aromatic carbocycles. The first-order chi connectivity index (χ1) is 16.5. The largest absolute Gasteiger partial charge is 0.433 e. The molecule has 2 aromatic rings. The Labute approximate surface area is 202 Å². The van der Waals surface area contributed by atoms with Crippen LogP contribution in [0.5, 0.6) is 0 Å². The van der Waals surface area contributed by atoms with E-state index in [9.17, 15) is 31.1 Å². The third kappa shape index (κ3) is 7.74. The van der Waals surface area contributed by atoms with Crippen LogP contribution in [-0.4, -0.2) is 65.8 Å². The topological polar surface area (TPSA) is 98.7 Å². The minimum atomic E-state index is -4.72. The number of aliphatic hydroxyl groups excluding tert-OH is 1. The van der Waals surface area contributed by atoms with Crippen molar-refractivity contribution in [2.75, 3.05) is 42.1 Å². The molecule has 1 aliphatic heterocycles. The molecule has 0 saturated carbocycles. The molecule has 0 radical (unpaired) electrons. The van der Waals surface area contributed by atoms with Gasteiger partial charge in [-0.25, -0.2) is 17.8 Å². The molecule has 1 aliphatic rings. The molecule has 1 unspecified atom stereocenters. The molecule has 0 aliphatic carbocycles. The quantitative estimate of drug-likeness (QED) is 0.461. The number of halogens is 4. The van der Waals surface area contributed by atoms with E-state index in [1.165, 1.54) is 33.5 Å². The lowest BCUT2D eigenvalue weighted by Gasteiger charge is -2.34. The number of anilines is 3. The Morgan fingerprint density at radius 2 is 1.74 bits per heavy atom. The summed E-state index contributed by atoms with van der Waals surface area (Å²) in [5.41, 5.74) is -0.794. The molecule has 0 bridgehead atoms. The molecule has 1 saturated heterocycles. The molecule has 1 atom stereocenters. The number of piperazine rings is 1. The Bertz CT molecular complexity index is 1080. The van der Waals surface area contributed by atoms with Gasteiger partial charge in [0.2, 0.25) is 16.0 Å². The lowest BCUT2D eigenvalue weighted by Crippen LogP contribution is -2.50. The van der Waals surface area contributed by atoms with Crippen LogP contribution in [0, 0.1) is 5.82 Å². The minimum Gasteiger partial charge on any atom is -0.393 e. The first-order valence-corrected chi connectivity index (χ1v) is 13.0. The van der Waals surface area contributed by atoms with Gasteiger partial charge in [-0.1, -0.05) is 13.3 Å². The smallest absolute Gasteiger partial charge is 0.393 e. The van der Waals surface area contributed by atoms with Crippen molar-refractivity contribution in [3.63, 3.8) is 0 Å².